The molecule has 6 rings (SSSR count). The number of H-pyrrole nitrogens is 1. The van der Waals surface area contributed by atoms with Crippen LogP contribution >= 0.6 is 11.6 Å². The molecule has 4 aromatic rings. The first-order chi connectivity index (χ1) is 16.6. The van der Waals surface area contributed by atoms with Crippen molar-refractivity contribution in [3.63, 3.8) is 0 Å². The van der Waals surface area contributed by atoms with E-state index >= 15 is 0 Å². The van der Waals surface area contributed by atoms with E-state index in [1.165, 1.54) is 0 Å². The van der Waals surface area contributed by atoms with E-state index < -0.39 is 0 Å². The molecule has 2 aliphatic heterocycles. The van der Waals surface area contributed by atoms with Crippen molar-refractivity contribution in [2.75, 3.05) is 30.4 Å². The Kier molecular flexibility index (Phi) is 5.16. The zero-order valence-corrected chi connectivity index (χ0v) is 19.1. The van der Waals surface area contributed by atoms with Crippen molar-refractivity contribution >= 4 is 39.8 Å². The first-order valence-electron chi connectivity index (χ1n) is 11.3. The molecule has 1 unspecified atom stereocenters. The monoisotopic (exact) mass is 474 g/mol. The summed E-state index contributed by atoms with van der Waals surface area (Å²) in [5, 5.41) is 8.24. The van der Waals surface area contributed by atoms with Crippen LogP contribution in [0.3, 0.4) is 0 Å². The maximum atomic E-state index is 13.6. The van der Waals surface area contributed by atoms with Gasteiger partial charge in [-0.2, -0.15) is 0 Å². The van der Waals surface area contributed by atoms with Crippen LogP contribution in [0.25, 0.3) is 11.0 Å². The second-order valence-corrected chi connectivity index (χ2v) is 9.18. The SMILES string of the molecule is O=C(c1ccc(Oc2ccccc2)cc1Cl)c1c[nH]c2ncc3c(c12)NC1(CCCOC1)CN3. The van der Waals surface area contributed by atoms with E-state index in [4.69, 9.17) is 21.1 Å². The highest BCUT2D eigenvalue weighted by Crippen LogP contribution is 2.40. The highest BCUT2D eigenvalue weighted by molar-refractivity contribution is 6.36. The van der Waals surface area contributed by atoms with Crippen molar-refractivity contribution in [1.29, 1.82) is 0 Å². The molecule has 7 nitrogen and oxygen atoms in total. The van der Waals surface area contributed by atoms with Gasteiger partial charge in [-0.25, -0.2) is 4.98 Å². The van der Waals surface area contributed by atoms with Crippen LogP contribution < -0.4 is 15.4 Å². The second kappa shape index (κ2) is 8.34. The van der Waals surface area contributed by atoms with Gasteiger partial charge in [0.05, 0.1) is 45.7 Å². The third kappa shape index (κ3) is 3.67. The van der Waals surface area contributed by atoms with Crippen molar-refractivity contribution in [1.82, 2.24) is 9.97 Å². The highest BCUT2D eigenvalue weighted by atomic mass is 35.5. The zero-order chi connectivity index (χ0) is 23.1. The lowest BCUT2D eigenvalue weighted by Crippen LogP contribution is -2.53. The van der Waals surface area contributed by atoms with Crippen molar-refractivity contribution in [3.8, 4) is 11.5 Å². The number of ketones is 1. The van der Waals surface area contributed by atoms with E-state index in [0.717, 1.165) is 42.8 Å². The molecule has 1 fully saturated rings. The standard InChI is InChI=1S/C26H23ClN4O3/c27-20-11-17(34-16-5-2-1-3-6-16)7-8-18(20)24(32)19-12-28-25-22(19)23-21(13-29-25)30-14-26(31-23)9-4-10-33-15-26/h1-3,5-8,11-13,30-31H,4,9-10,14-15H2,(H,28,29). The summed E-state index contributed by atoms with van der Waals surface area (Å²) in [6.45, 7) is 2.14. The Morgan fingerprint density at radius 1 is 1.12 bits per heavy atom. The van der Waals surface area contributed by atoms with Crippen molar-refractivity contribution in [3.05, 3.63) is 77.1 Å². The van der Waals surface area contributed by atoms with Gasteiger partial charge in [0.2, 0.25) is 0 Å². The number of para-hydroxylation sites is 1. The maximum Gasteiger partial charge on any atom is 0.196 e. The van der Waals surface area contributed by atoms with Crippen molar-refractivity contribution in [2.24, 2.45) is 0 Å². The number of hydrogen-bond donors (Lipinski definition) is 3. The zero-order valence-electron chi connectivity index (χ0n) is 18.4. The summed E-state index contributed by atoms with van der Waals surface area (Å²) < 4.78 is 11.6. The molecule has 0 radical (unpaired) electrons. The van der Waals surface area contributed by atoms with E-state index in [2.05, 4.69) is 20.6 Å². The minimum Gasteiger partial charge on any atom is -0.457 e. The predicted molar refractivity (Wildman–Crippen MR) is 132 cm³/mol. The largest absolute Gasteiger partial charge is 0.457 e. The Balaban J connectivity index is 1.35. The molecule has 8 heteroatoms. The number of hydrogen-bond acceptors (Lipinski definition) is 6. The Morgan fingerprint density at radius 2 is 2.00 bits per heavy atom. The molecule has 172 valence electrons. The van der Waals surface area contributed by atoms with Crippen LogP contribution in [0.5, 0.6) is 11.5 Å². The fourth-order valence-electron chi connectivity index (χ4n) is 4.72. The van der Waals surface area contributed by atoms with Crippen molar-refractivity contribution < 1.29 is 14.3 Å². The molecule has 34 heavy (non-hydrogen) atoms. The summed E-state index contributed by atoms with van der Waals surface area (Å²) in [6, 6.07) is 14.6. The van der Waals surface area contributed by atoms with Crippen LogP contribution in [0, 0.1) is 0 Å². The van der Waals surface area contributed by atoms with Gasteiger partial charge >= 0.3 is 0 Å². The molecule has 2 aliphatic rings. The molecule has 0 amide bonds. The molecule has 1 atom stereocenters. The molecule has 3 N–H and O–H groups in total. The Hall–Kier alpha value is -3.55. The van der Waals surface area contributed by atoms with Crippen LogP contribution in [-0.4, -0.2) is 41.0 Å². The van der Waals surface area contributed by atoms with Crippen LogP contribution in [0.2, 0.25) is 5.02 Å². The number of rotatable bonds is 4. The Bertz CT molecular complexity index is 1380. The summed E-state index contributed by atoms with van der Waals surface area (Å²) in [4.78, 5) is 21.3. The van der Waals surface area contributed by atoms with Crippen LogP contribution in [0.15, 0.2) is 60.9 Å². The van der Waals surface area contributed by atoms with Gasteiger partial charge < -0.3 is 25.1 Å². The number of ether oxygens (including phenoxy) is 2. The lowest BCUT2D eigenvalue weighted by atomic mass is 9.89. The van der Waals surface area contributed by atoms with Crippen molar-refractivity contribution in [2.45, 2.75) is 18.4 Å². The number of nitrogens with zero attached hydrogens (tertiary/aromatic N) is 1. The average Bonchev–Trinajstić information content (AvgIpc) is 3.30. The summed E-state index contributed by atoms with van der Waals surface area (Å²) >= 11 is 6.55. The topological polar surface area (TPSA) is 88.3 Å². The summed E-state index contributed by atoms with van der Waals surface area (Å²) in [7, 11) is 0. The molecular weight excluding hydrogens is 452 g/mol. The average molecular weight is 475 g/mol. The summed E-state index contributed by atoms with van der Waals surface area (Å²) in [6.07, 6.45) is 5.47. The molecule has 2 aromatic heterocycles. The molecule has 1 spiro atoms. The Morgan fingerprint density at radius 3 is 2.79 bits per heavy atom. The molecule has 0 aliphatic carbocycles. The first-order valence-corrected chi connectivity index (χ1v) is 11.7. The number of carbonyl (C=O) groups excluding carboxylic acids is 1. The molecule has 0 saturated carbocycles. The molecule has 2 aromatic carbocycles. The van der Waals surface area contributed by atoms with Gasteiger partial charge in [-0.3, -0.25) is 4.79 Å². The number of pyridine rings is 1. The summed E-state index contributed by atoms with van der Waals surface area (Å²) in [5.41, 5.74) is 3.10. The normalized spacial score (nSPS) is 19.3. The minimum absolute atomic E-state index is 0.181. The van der Waals surface area contributed by atoms with Crippen LogP contribution in [-0.2, 0) is 4.74 Å². The highest BCUT2D eigenvalue weighted by Gasteiger charge is 2.37. The number of carbonyl (C=O) groups is 1. The quantitative estimate of drug-likeness (QED) is 0.332. The van der Waals surface area contributed by atoms with Gasteiger partial charge in [0.1, 0.15) is 17.1 Å². The lowest BCUT2D eigenvalue weighted by Gasteiger charge is -2.43. The number of fused-ring (bicyclic) bond motifs is 3. The number of anilines is 2. The fraction of sp³-hybridized carbons (Fsp3) is 0.231. The molecule has 0 bridgehead atoms. The van der Waals surface area contributed by atoms with Crippen LogP contribution in [0.1, 0.15) is 28.8 Å². The molecule has 1 saturated heterocycles. The molecule has 4 heterocycles. The van der Waals surface area contributed by atoms with E-state index in [1.54, 1.807) is 30.6 Å². The number of aromatic amines is 1. The predicted octanol–water partition coefficient (Wildman–Crippen LogP) is 5.63. The number of benzene rings is 2. The van der Waals surface area contributed by atoms with Gasteiger partial charge in [-0.1, -0.05) is 29.8 Å². The van der Waals surface area contributed by atoms with Gasteiger partial charge in [0, 0.05) is 31.0 Å². The second-order valence-electron chi connectivity index (χ2n) is 8.77. The number of aromatic nitrogens is 2. The number of halogens is 1. The third-order valence-electron chi connectivity index (χ3n) is 6.44. The molecular formula is C26H23ClN4O3. The third-order valence-corrected chi connectivity index (χ3v) is 6.75. The van der Waals surface area contributed by atoms with Gasteiger partial charge in [-0.05, 0) is 37.1 Å². The fourth-order valence-corrected chi connectivity index (χ4v) is 4.97. The van der Waals surface area contributed by atoms with E-state index in [0.29, 0.717) is 39.9 Å². The van der Waals surface area contributed by atoms with E-state index in [9.17, 15) is 4.79 Å². The van der Waals surface area contributed by atoms with Gasteiger partial charge in [-0.15, -0.1) is 0 Å². The van der Waals surface area contributed by atoms with Gasteiger partial charge in [0.25, 0.3) is 0 Å². The van der Waals surface area contributed by atoms with E-state index in [-0.39, 0.29) is 11.3 Å². The number of nitrogens with one attached hydrogen (secondary N) is 3. The first kappa shape index (κ1) is 21.0. The van der Waals surface area contributed by atoms with Crippen LogP contribution in [0.4, 0.5) is 11.4 Å². The Labute approximate surface area is 201 Å². The summed E-state index contributed by atoms with van der Waals surface area (Å²) in [5.74, 6) is 1.08. The maximum absolute atomic E-state index is 13.6. The van der Waals surface area contributed by atoms with Gasteiger partial charge in [0.15, 0.2) is 5.78 Å². The lowest BCUT2D eigenvalue weighted by molar-refractivity contribution is 0.0511. The smallest absolute Gasteiger partial charge is 0.196 e. The minimum atomic E-state index is -0.203. The van der Waals surface area contributed by atoms with E-state index in [1.807, 2.05) is 30.3 Å².